The highest BCUT2D eigenvalue weighted by Crippen LogP contribution is 2.44. The van der Waals surface area contributed by atoms with Crippen molar-refractivity contribution in [2.75, 3.05) is 12.4 Å². The molecule has 1 heterocycles. The van der Waals surface area contributed by atoms with Gasteiger partial charge in [-0.15, -0.1) is 0 Å². The van der Waals surface area contributed by atoms with Gasteiger partial charge in [-0.1, -0.05) is 17.7 Å². The maximum absolute atomic E-state index is 12.0. The molecule has 0 aromatic heterocycles. The summed E-state index contributed by atoms with van der Waals surface area (Å²) in [6.07, 6.45) is -0.0288. The second kappa shape index (κ2) is 5.50. The third kappa shape index (κ3) is 3.70. The summed E-state index contributed by atoms with van der Waals surface area (Å²) in [6, 6.07) is 5.49. The maximum atomic E-state index is 12.0. The molecule has 106 valence electrons. The predicted molar refractivity (Wildman–Crippen MR) is 73.4 cm³/mol. The number of rotatable bonds is 2. The molecule has 1 fully saturated rings. The average Bonchev–Trinajstić information content (AvgIpc) is 2.27. The van der Waals surface area contributed by atoms with Gasteiger partial charge in [-0.25, -0.2) is 4.79 Å². The Morgan fingerprint density at radius 3 is 2.79 bits per heavy atom. The Kier molecular flexibility index (Phi) is 4.15. The number of aryl methyl sites for hydroxylation is 2. The number of benzene rings is 1. The molecule has 1 aromatic carbocycles. The van der Waals surface area contributed by atoms with Crippen LogP contribution in [0.1, 0.15) is 27.9 Å². The van der Waals surface area contributed by atoms with E-state index < -0.39 is 22.9 Å². The third-order valence-corrected chi connectivity index (χ3v) is 4.34. The van der Waals surface area contributed by atoms with Crippen LogP contribution in [-0.2, 0) is 8.92 Å². The molecule has 2 N–H and O–H groups in total. The molecule has 1 aliphatic heterocycles. The molecule has 1 atom stereocenters. The first-order valence-corrected chi connectivity index (χ1v) is 7.70. The van der Waals surface area contributed by atoms with Crippen molar-refractivity contribution in [1.29, 1.82) is 0 Å². The molecule has 0 radical (unpaired) electrons. The van der Waals surface area contributed by atoms with E-state index in [2.05, 4.69) is 0 Å². The van der Waals surface area contributed by atoms with Gasteiger partial charge in [0.15, 0.2) is 0 Å². The minimum Gasteiger partial charge on any atom is -0.458 e. The van der Waals surface area contributed by atoms with E-state index in [1.165, 1.54) is 0 Å². The number of ether oxygens (including phenoxy) is 1. The van der Waals surface area contributed by atoms with Crippen LogP contribution in [0.4, 0.5) is 0 Å². The van der Waals surface area contributed by atoms with Crippen molar-refractivity contribution in [3.05, 3.63) is 34.9 Å². The number of carbonyl (C=O) groups is 1. The van der Waals surface area contributed by atoms with E-state index in [9.17, 15) is 13.9 Å². The van der Waals surface area contributed by atoms with Crippen molar-refractivity contribution < 1.29 is 22.8 Å². The molecule has 0 spiro atoms. The Morgan fingerprint density at radius 2 is 2.16 bits per heavy atom. The first-order valence-electron chi connectivity index (χ1n) is 6.06. The van der Waals surface area contributed by atoms with E-state index in [-0.39, 0.29) is 12.4 Å². The van der Waals surface area contributed by atoms with Crippen molar-refractivity contribution in [2.45, 2.75) is 26.4 Å². The minimum absolute atomic E-state index is 0.0519. The average molecular weight is 286 g/mol. The van der Waals surface area contributed by atoms with Gasteiger partial charge in [0.2, 0.25) is 0 Å². The Morgan fingerprint density at radius 1 is 1.42 bits per heavy atom. The van der Waals surface area contributed by atoms with Gasteiger partial charge >= 0.3 is 5.97 Å². The van der Waals surface area contributed by atoms with Gasteiger partial charge in [0, 0.05) is 6.42 Å². The smallest absolute Gasteiger partial charge is 0.338 e. The van der Waals surface area contributed by atoms with Gasteiger partial charge in [0.25, 0.3) is 0 Å². The third-order valence-electron chi connectivity index (χ3n) is 2.99. The fraction of sp³-hybridized carbons (Fsp3) is 0.462. The molecule has 0 saturated carbocycles. The van der Waals surface area contributed by atoms with Crippen LogP contribution in [0, 0.1) is 13.8 Å². The van der Waals surface area contributed by atoms with Crippen LogP contribution in [-0.4, -0.2) is 33.5 Å². The first-order chi connectivity index (χ1) is 8.87. The van der Waals surface area contributed by atoms with Crippen LogP contribution in [0.15, 0.2) is 18.2 Å². The lowest BCUT2D eigenvalue weighted by atomic mass is 10.1. The van der Waals surface area contributed by atoms with E-state index in [0.717, 1.165) is 11.1 Å². The monoisotopic (exact) mass is 286 g/mol. The van der Waals surface area contributed by atoms with Gasteiger partial charge in [-0.2, -0.15) is 0 Å². The molecule has 1 aromatic rings. The Hall–Kier alpha value is -1.08. The van der Waals surface area contributed by atoms with E-state index in [0.29, 0.717) is 12.0 Å². The predicted octanol–water partition coefficient (Wildman–Crippen LogP) is 2.91. The summed E-state index contributed by atoms with van der Waals surface area (Å²) in [6.45, 7) is 3.99. The lowest BCUT2D eigenvalue weighted by molar-refractivity contribution is 0.0249. The summed E-state index contributed by atoms with van der Waals surface area (Å²) in [5, 5.41) is 0. The number of esters is 1. The van der Waals surface area contributed by atoms with Crippen molar-refractivity contribution >= 4 is 16.8 Å². The molecule has 2 rings (SSSR count). The summed E-state index contributed by atoms with van der Waals surface area (Å²) in [5.41, 5.74) is 2.44. The minimum atomic E-state index is -3.05. The highest BCUT2D eigenvalue weighted by Gasteiger charge is 2.31. The number of hydrogen-bond acceptors (Lipinski definition) is 5. The zero-order valence-electron chi connectivity index (χ0n) is 11.0. The summed E-state index contributed by atoms with van der Waals surface area (Å²) in [7, 11) is -3.05. The van der Waals surface area contributed by atoms with Crippen LogP contribution in [0.5, 0.6) is 0 Å². The number of carbonyl (C=O) groups excluding carboxylic acids is 1. The molecular weight excluding hydrogens is 268 g/mol. The van der Waals surface area contributed by atoms with Crippen LogP contribution in [0.3, 0.4) is 0 Å². The molecule has 1 unspecified atom stereocenters. The van der Waals surface area contributed by atoms with Crippen molar-refractivity contribution in [2.24, 2.45) is 0 Å². The molecule has 1 saturated heterocycles. The van der Waals surface area contributed by atoms with Crippen LogP contribution < -0.4 is 0 Å². The van der Waals surface area contributed by atoms with Crippen LogP contribution in [0.25, 0.3) is 0 Å². The number of hydrogen-bond donors (Lipinski definition) is 2. The van der Waals surface area contributed by atoms with Crippen molar-refractivity contribution in [1.82, 2.24) is 0 Å². The van der Waals surface area contributed by atoms with Crippen molar-refractivity contribution in [3.8, 4) is 0 Å². The van der Waals surface area contributed by atoms with Gasteiger partial charge in [0.1, 0.15) is 6.10 Å². The molecule has 19 heavy (non-hydrogen) atoms. The second-order valence-electron chi connectivity index (χ2n) is 4.73. The van der Waals surface area contributed by atoms with E-state index in [1.54, 1.807) is 6.07 Å². The van der Waals surface area contributed by atoms with E-state index in [1.807, 2.05) is 26.0 Å². The zero-order valence-corrected chi connectivity index (χ0v) is 11.8. The van der Waals surface area contributed by atoms with E-state index >= 15 is 0 Å². The quantitative estimate of drug-likeness (QED) is 0.817. The van der Waals surface area contributed by atoms with Gasteiger partial charge < -0.3 is 13.8 Å². The van der Waals surface area contributed by atoms with Gasteiger partial charge in [-0.05, 0) is 25.5 Å². The second-order valence-corrected chi connectivity index (χ2v) is 6.51. The lowest BCUT2D eigenvalue weighted by Gasteiger charge is -2.34. The van der Waals surface area contributed by atoms with E-state index in [4.69, 9.17) is 8.92 Å². The fourth-order valence-electron chi connectivity index (χ4n) is 2.04. The molecule has 0 amide bonds. The SMILES string of the molecule is Cc1ccc(C(=O)OC2CCOS(O)(O)C2)c(C)c1. The highest BCUT2D eigenvalue weighted by molar-refractivity contribution is 8.20. The highest BCUT2D eigenvalue weighted by atomic mass is 32.3. The summed E-state index contributed by atoms with van der Waals surface area (Å²) >= 11 is 0. The molecule has 6 heteroatoms. The molecule has 5 nitrogen and oxygen atoms in total. The maximum Gasteiger partial charge on any atom is 0.338 e. The van der Waals surface area contributed by atoms with Gasteiger partial charge in [-0.3, -0.25) is 4.18 Å². The Bertz CT molecular complexity index is 486. The van der Waals surface area contributed by atoms with Gasteiger partial charge in [0.05, 0.1) is 28.8 Å². The Labute approximate surface area is 114 Å². The summed E-state index contributed by atoms with van der Waals surface area (Å²) < 4.78 is 29.0. The van der Waals surface area contributed by atoms with Crippen LogP contribution >= 0.6 is 10.9 Å². The molecule has 1 aliphatic rings. The van der Waals surface area contributed by atoms with Crippen molar-refractivity contribution in [3.63, 3.8) is 0 Å². The largest absolute Gasteiger partial charge is 0.458 e. The standard InChI is InChI=1S/C13H18O5S/c1-9-3-4-12(10(2)7-9)13(14)18-11-5-6-17-19(15,16)8-11/h3-4,7,11,15-16H,5-6,8H2,1-2H3. The summed E-state index contributed by atoms with van der Waals surface area (Å²) in [4.78, 5) is 12.0. The topological polar surface area (TPSA) is 76.0 Å². The lowest BCUT2D eigenvalue weighted by Crippen LogP contribution is -2.32. The summed E-state index contributed by atoms with van der Waals surface area (Å²) in [5.74, 6) is -0.483. The molecule has 0 aliphatic carbocycles. The zero-order chi connectivity index (χ0) is 14.0. The van der Waals surface area contributed by atoms with Crippen LogP contribution in [0.2, 0.25) is 0 Å². The normalized spacial score (nSPS) is 23.7. The fourth-order valence-corrected chi connectivity index (χ4v) is 3.22. The Balaban J connectivity index is 2.04. The first kappa shape index (κ1) is 14.3. The molecular formula is C13H18O5S. The molecule has 0 bridgehead atoms.